The molecule has 1 saturated carbocycles. The first kappa shape index (κ1) is 31.6. The van der Waals surface area contributed by atoms with Crippen LogP contribution in [0.25, 0.3) is 0 Å². The van der Waals surface area contributed by atoms with Gasteiger partial charge in [0.25, 0.3) is 0 Å². The summed E-state index contributed by atoms with van der Waals surface area (Å²) in [6.45, 7) is -0.358. The molecule has 0 aromatic heterocycles. The van der Waals surface area contributed by atoms with Gasteiger partial charge in [0, 0.05) is 23.5 Å². The Labute approximate surface area is 257 Å². The van der Waals surface area contributed by atoms with Crippen LogP contribution >= 0.6 is 15.9 Å². The number of hydrogen-bond donors (Lipinski definition) is 1. The fraction of sp³-hybridized carbons (Fsp3) is 0.375. The van der Waals surface area contributed by atoms with Gasteiger partial charge in [-0.05, 0) is 54.3 Å². The van der Waals surface area contributed by atoms with Gasteiger partial charge in [-0.1, -0.05) is 83.7 Å². The molecule has 3 aromatic carbocycles. The van der Waals surface area contributed by atoms with Gasteiger partial charge < -0.3 is 15.0 Å². The molecular formula is C32H38BrN3O5S. The average molecular weight is 657 g/mol. The van der Waals surface area contributed by atoms with E-state index in [1.54, 1.807) is 31.4 Å². The highest BCUT2D eigenvalue weighted by Gasteiger charge is 2.34. The molecule has 1 atom stereocenters. The van der Waals surface area contributed by atoms with Gasteiger partial charge in [0.2, 0.25) is 21.8 Å². The summed E-state index contributed by atoms with van der Waals surface area (Å²) in [5.41, 5.74) is 2.02. The molecule has 1 fully saturated rings. The Morgan fingerprint density at radius 3 is 2.31 bits per heavy atom. The Balaban J connectivity index is 1.73. The van der Waals surface area contributed by atoms with Crippen LogP contribution in [0.2, 0.25) is 0 Å². The van der Waals surface area contributed by atoms with Crippen molar-refractivity contribution in [2.45, 2.75) is 57.2 Å². The van der Waals surface area contributed by atoms with Crippen LogP contribution in [0.1, 0.15) is 43.2 Å². The maximum Gasteiger partial charge on any atom is 0.244 e. The lowest BCUT2D eigenvalue weighted by Gasteiger charge is -2.35. The van der Waals surface area contributed by atoms with Crippen molar-refractivity contribution in [3.05, 3.63) is 94.5 Å². The van der Waals surface area contributed by atoms with Crippen molar-refractivity contribution in [2.75, 3.05) is 24.2 Å². The molecule has 224 valence electrons. The number of sulfonamides is 1. The number of hydrogen-bond acceptors (Lipinski definition) is 5. The molecule has 10 heteroatoms. The lowest BCUT2D eigenvalue weighted by molar-refractivity contribution is -0.140. The first-order chi connectivity index (χ1) is 20.1. The van der Waals surface area contributed by atoms with Crippen LogP contribution in [0.3, 0.4) is 0 Å². The Morgan fingerprint density at radius 1 is 0.952 bits per heavy atom. The van der Waals surface area contributed by atoms with Crippen molar-refractivity contribution in [2.24, 2.45) is 0 Å². The molecule has 1 N–H and O–H groups in total. The molecule has 42 heavy (non-hydrogen) atoms. The summed E-state index contributed by atoms with van der Waals surface area (Å²) in [5, 5.41) is 3.21. The number of nitrogens with zero attached hydrogens (tertiary/aromatic N) is 2. The summed E-state index contributed by atoms with van der Waals surface area (Å²) in [6, 6.07) is 22.9. The van der Waals surface area contributed by atoms with Gasteiger partial charge in [0.15, 0.2) is 0 Å². The third-order valence-electron chi connectivity index (χ3n) is 7.49. The lowest BCUT2D eigenvalue weighted by atomic mass is 9.94. The maximum absolute atomic E-state index is 14.2. The highest BCUT2D eigenvalue weighted by molar-refractivity contribution is 9.10. The SMILES string of the molecule is COc1cccc(CN(C(=O)CN(c2cccc(Br)c2)S(C)(=O)=O)[C@H](Cc2ccccc2)C(=O)NC2CCCCC2)c1. The predicted octanol–water partition coefficient (Wildman–Crippen LogP) is 5.31. The molecule has 0 saturated heterocycles. The molecule has 0 unspecified atom stereocenters. The van der Waals surface area contributed by atoms with E-state index in [4.69, 9.17) is 4.74 Å². The predicted molar refractivity (Wildman–Crippen MR) is 169 cm³/mol. The molecule has 8 nitrogen and oxygen atoms in total. The maximum atomic E-state index is 14.2. The number of benzene rings is 3. The topological polar surface area (TPSA) is 96.0 Å². The average Bonchev–Trinajstić information content (AvgIpc) is 2.98. The van der Waals surface area contributed by atoms with Gasteiger partial charge >= 0.3 is 0 Å². The number of anilines is 1. The number of nitrogens with one attached hydrogen (secondary N) is 1. The second kappa shape index (κ2) is 14.7. The summed E-state index contributed by atoms with van der Waals surface area (Å²) in [5.74, 6) is -0.101. The number of amides is 2. The summed E-state index contributed by atoms with van der Waals surface area (Å²) >= 11 is 3.39. The van der Waals surface area contributed by atoms with Gasteiger partial charge in [-0.25, -0.2) is 8.42 Å². The molecule has 0 spiro atoms. The fourth-order valence-corrected chi connectivity index (χ4v) is 6.54. The standard InChI is InChI=1S/C32H38BrN3O5S/c1-41-29-18-9-13-25(19-29)22-35(31(37)23-36(42(2,39)40)28-17-10-14-26(33)21-28)30(20-24-11-5-3-6-12-24)32(38)34-27-15-7-4-8-16-27/h3,5-6,9-14,17-19,21,27,30H,4,7-8,15-16,20,22-23H2,1-2H3,(H,34,38)/t30-/m1/s1. The molecular weight excluding hydrogens is 618 g/mol. The third-order valence-corrected chi connectivity index (χ3v) is 9.12. The van der Waals surface area contributed by atoms with E-state index in [2.05, 4.69) is 21.2 Å². The first-order valence-electron chi connectivity index (χ1n) is 14.1. The fourth-order valence-electron chi connectivity index (χ4n) is 5.31. The zero-order valence-corrected chi connectivity index (χ0v) is 26.4. The highest BCUT2D eigenvalue weighted by atomic mass is 79.9. The highest BCUT2D eigenvalue weighted by Crippen LogP contribution is 2.25. The Morgan fingerprint density at radius 2 is 1.64 bits per heavy atom. The minimum Gasteiger partial charge on any atom is -0.497 e. The zero-order valence-electron chi connectivity index (χ0n) is 24.0. The quantitative estimate of drug-likeness (QED) is 0.285. The number of carbonyl (C=O) groups is 2. The molecule has 3 aromatic rings. The number of rotatable bonds is 12. The number of ether oxygens (including phenoxy) is 1. The van der Waals surface area contributed by atoms with E-state index in [1.165, 1.54) is 4.90 Å². The number of carbonyl (C=O) groups excluding carboxylic acids is 2. The Kier molecular flexibility index (Phi) is 11.0. The normalized spacial score (nSPS) is 14.5. The Bertz CT molecular complexity index is 1460. The van der Waals surface area contributed by atoms with Gasteiger partial charge in [-0.3, -0.25) is 13.9 Å². The molecule has 0 bridgehead atoms. The molecule has 0 heterocycles. The second-order valence-electron chi connectivity index (χ2n) is 10.7. The Hall–Kier alpha value is -3.37. The van der Waals surface area contributed by atoms with E-state index in [-0.39, 0.29) is 24.9 Å². The van der Waals surface area contributed by atoms with Crippen molar-refractivity contribution in [3.63, 3.8) is 0 Å². The van der Waals surface area contributed by atoms with Gasteiger partial charge in [-0.2, -0.15) is 0 Å². The molecule has 4 rings (SSSR count). The van der Waals surface area contributed by atoms with E-state index in [1.807, 2.05) is 54.6 Å². The molecule has 1 aliphatic carbocycles. The zero-order chi connectivity index (χ0) is 30.1. The number of halogens is 1. The van der Waals surface area contributed by atoms with Crippen LogP contribution in [-0.4, -0.2) is 57.1 Å². The molecule has 0 aliphatic heterocycles. The van der Waals surface area contributed by atoms with E-state index in [0.717, 1.165) is 53.8 Å². The van der Waals surface area contributed by atoms with Gasteiger partial charge in [0.1, 0.15) is 18.3 Å². The van der Waals surface area contributed by atoms with Crippen LogP contribution < -0.4 is 14.4 Å². The van der Waals surface area contributed by atoms with E-state index in [9.17, 15) is 18.0 Å². The first-order valence-corrected chi connectivity index (χ1v) is 16.8. The van der Waals surface area contributed by atoms with E-state index < -0.39 is 28.5 Å². The van der Waals surface area contributed by atoms with Crippen LogP contribution in [-0.2, 0) is 32.6 Å². The summed E-state index contributed by atoms with van der Waals surface area (Å²) < 4.78 is 33.1. The molecule has 0 radical (unpaired) electrons. The number of methoxy groups -OCH3 is 1. The van der Waals surface area contributed by atoms with Crippen molar-refractivity contribution >= 4 is 43.5 Å². The minimum absolute atomic E-state index is 0.0486. The molecule has 2 amide bonds. The van der Waals surface area contributed by atoms with Crippen molar-refractivity contribution < 1.29 is 22.7 Å². The summed E-state index contributed by atoms with van der Waals surface area (Å²) in [4.78, 5) is 29.8. The van der Waals surface area contributed by atoms with E-state index in [0.29, 0.717) is 15.9 Å². The van der Waals surface area contributed by atoms with Crippen molar-refractivity contribution in [1.82, 2.24) is 10.2 Å². The van der Waals surface area contributed by atoms with Crippen LogP contribution in [0.15, 0.2) is 83.3 Å². The van der Waals surface area contributed by atoms with E-state index >= 15 is 0 Å². The van der Waals surface area contributed by atoms with Crippen molar-refractivity contribution in [3.8, 4) is 5.75 Å². The summed E-state index contributed by atoms with van der Waals surface area (Å²) in [7, 11) is -2.26. The van der Waals surface area contributed by atoms with Crippen molar-refractivity contribution in [1.29, 1.82) is 0 Å². The minimum atomic E-state index is -3.83. The van der Waals surface area contributed by atoms with Crippen LogP contribution in [0.4, 0.5) is 5.69 Å². The van der Waals surface area contributed by atoms with Gasteiger partial charge in [-0.15, -0.1) is 0 Å². The smallest absolute Gasteiger partial charge is 0.244 e. The van der Waals surface area contributed by atoms with Gasteiger partial charge in [0.05, 0.1) is 19.1 Å². The summed E-state index contributed by atoms with van der Waals surface area (Å²) in [6.07, 6.45) is 6.41. The van der Waals surface area contributed by atoms with Crippen LogP contribution in [0, 0.1) is 0 Å². The van der Waals surface area contributed by atoms with Crippen LogP contribution in [0.5, 0.6) is 5.75 Å². The largest absolute Gasteiger partial charge is 0.497 e. The third kappa shape index (κ3) is 8.82. The second-order valence-corrected chi connectivity index (χ2v) is 13.5. The lowest BCUT2D eigenvalue weighted by Crippen LogP contribution is -2.55. The monoisotopic (exact) mass is 655 g/mol. The molecule has 1 aliphatic rings.